The number of nitrogens with zero attached hydrogens (tertiary/aromatic N) is 3. The van der Waals surface area contributed by atoms with Crippen molar-refractivity contribution in [1.29, 1.82) is 0 Å². The molecule has 0 fully saturated rings. The predicted octanol–water partition coefficient (Wildman–Crippen LogP) is 3.55. The molecule has 2 aromatic carbocycles. The van der Waals surface area contributed by atoms with Crippen LogP contribution < -0.4 is 15.8 Å². The highest BCUT2D eigenvalue weighted by Crippen LogP contribution is 2.30. The van der Waals surface area contributed by atoms with Gasteiger partial charge in [-0.25, -0.2) is 4.98 Å². The molecule has 0 spiro atoms. The first kappa shape index (κ1) is 21.2. The Bertz CT molecular complexity index is 1050. The molecular formula is C20H21N5O4S. The van der Waals surface area contributed by atoms with E-state index in [1.54, 1.807) is 0 Å². The third-order valence-electron chi connectivity index (χ3n) is 4.09. The first-order valence-corrected chi connectivity index (χ1v) is 9.85. The normalized spacial score (nSPS) is 10.8. The van der Waals surface area contributed by atoms with E-state index < -0.39 is 10.7 Å². The zero-order valence-corrected chi connectivity index (χ0v) is 17.3. The average molecular weight is 427 g/mol. The van der Waals surface area contributed by atoms with Crippen molar-refractivity contribution in [3.8, 4) is 5.75 Å². The van der Waals surface area contributed by atoms with Crippen LogP contribution >= 0.6 is 11.3 Å². The second-order valence-corrected chi connectivity index (χ2v) is 7.67. The van der Waals surface area contributed by atoms with Gasteiger partial charge < -0.3 is 20.7 Å². The van der Waals surface area contributed by atoms with Crippen LogP contribution in [0.25, 0.3) is 0 Å². The first-order valence-electron chi connectivity index (χ1n) is 9.03. The Labute approximate surface area is 177 Å². The molecular weight excluding hydrogens is 406 g/mol. The fourth-order valence-corrected chi connectivity index (χ4v) is 3.41. The van der Waals surface area contributed by atoms with Crippen LogP contribution in [-0.4, -0.2) is 47.8 Å². The molecule has 3 rings (SSSR count). The summed E-state index contributed by atoms with van der Waals surface area (Å²) in [6, 6.07) is 12.9. The molecule has 1 heterocycles. The van der Waals surface area contributed by atoms with Crippen LogP contribution in [0.15, 0.2) is 48.5 Å². The third-order valence-corrected chi connectivity index (χ3v) is 5.08. The summed E-state index contributed by atoms with van der Waals surface area (Å²) in [6.45, 7) is 1.41. The maximum Gasteiger partial charge on any atom is 0.270 e. The Kier molecular flexibility index (Phi) is 6.60. The number of carbonyl (C=O) groups excluding carboxylic acids is 1. The highest BCUT2D eigenvalue weighted by molar-refractivity contribution is 7.18. The summed E-state index contributed by atoms with van der Waals surface area (Å²) in [4.78, 5) is 29.6. The summed E-state index contributed by atoms with van der Waals surface area (Å²) in [6.07, 6.45) is 0. The van der Waals surface area contributed by atoms with Crippen molar-refractivity contribution in [3.63, 3.8) is 0 Å². The Morgan fingerprint density at radius 3 is 2.67 bits per heavy atom. The molecule has 30 heavy (non-hydrogen) atoms. The molecule has 156 valence electrons. The maximum atomic E-state index is 12.7. The number of nitrogens with two attached hydrogens (primary N) is 1. The van der Waals surface area contributed by atoms with E-state index in [1.807, 2.05) is 43.3 Å². The Morgan fingerprint density at radius 2 is 2.00 bits per heavy atom. The number of anilines is 3. The van der Waals surface area contributed by atoms with E-state index in [4.69, 9.17) is 10.5 Å². The van der Waals surface area contributed by atoms with E-state index in [1.165, 1.54) is 24.3 Å². The number of nitro groups is 1. The lowest BCUT2D eigenvalue weighted by Gasteiger charge is -2.11. The van der Waals surface area contributed by atoms with E-state index in [9.17, 15) is 14.9 Å². The van der Waals surface area contributed by atoms with Crippen LogP contribution in [-0.2, 0) is 0 Å². The highest BCUT2D eigenvalue weighted by Gasteiger charge is 2.20. The van der Waals surface area contributed by atoms with Gasteiger partial charge in [0.05, 0.1) is 4.92 Å². The lowest BCUT2D eigenvalue weighted by molar-refractivity contribution is -0.384. The molecule has 1 aromatic heterocycles. The van der Waals surface area contributed by atoms with Crippen molar-refractivity contribution in [2.75, 3.05) is 38.3 Å². The molecule has 0 radical (unpaired) electrons. The van der Waals surface area contributed by atoms with E-state index >= 15 is 0 Å². The van der Waals surface area contributed by atoms with Gasteiger partial charge in [-0.2, -0.15) is 0 Å². The highest BCUT2D eigenvalue weighted by atomic mass is 32.1. The number of nitro benzene ring substituents is 1. The fourth-order valence-electron chi connectivity index (χ4n) is 2.54. The molecule has 10 heteroatoms. The number of non-ortho nitro benzene ring substituents is 1. The van der Waals surface area contributed by atoms with Gasteiger partial charge in [0.1, 0.15) is 23.1 Å². The minimum Gasteiger partial charge on any atom is -0.492 e. The lowest BCUT2D eigenvalue weighted by Crippen LogP contribution is -2.19. The molecule has 3 N–H and O–H groups in total. The van der Waals surface area contributed by atoms with Crippen molar-refractivity contribution in [2.24, 2.45) is 0 Å². The zero-order chi connectivity index (χ0) is 21.7. The summed E-state index contributed by atoms with van der Waals surface area (Å²) in [5.41, 5.74) is 6.71. The molecule has 0 aliphatic rings. The van der Waals surface area contributed by atoms with Crippen LogP contribution in [0.3, 0.4) is 0 Å². The summed E-state index contributed by atoms with van der Waals surface area (Å²) < 4.78 is 5.66. The van der Waals surface area contributed by atoms with Crippen molar-refractivity contribution < 1.29 is 14.5 Å². The molecule has 0 saturated heterocycles. The van der Waals surface area contributed by atoms with Crippen molar-refractivity contribution >= 4 is 39.4 Å². The molecule has 0 bridgehead atoms. The van der Waals surface area contributed by atoms with Gasteiger partial charge in [0.2, 0.25) is 5.78 Å². The summed E-state index contributed by atoms with van der Waals surface area (Å²) in [5, 5.41) is 14.5. The van der Waals surface area contributed by atoms with Gasteiger partial charge in [0.25, 0.3) is 5.69 Å². The molecule has 0 amide bonds. The third kappa shape index (κ3) is 5.31. The number of ketones is 1. The Balaban J connectivity index is 1.69. The Morgan fingerprint density at radius 1 is 1.27 bits per heavy atom. The van der Waals surface area contributed by atoms with Crippen LogP contribution in [0, 0.1) is 10.1 Å². The van der Waals surface area contributed by atoms with Gasteiger partial charge in [0.15, 0.2) is 5.13 Å². The SMILES string of the molecule is CN(C)CCOc1ccc(Nc2nc(N)c(C(=O)c3cccc([N+](=O)[O-])c3)s2)cc1. The second-order valence-electron chi connectivity index (χ2n) is 6.67. The number of hydrogen-bond acceptors (Lipinski definition) is 9. The van der Waals surface area contributed by atoms with E-state index in [0.29, 0.717) is 11.7 Å². The second kappa shape index (κ2) is 9.33. The van der Waals surface area contributed by atoms with E-state index in [-0.39, 0.29) is 21.9 Å². The minimum absolute atomic E-state index is 0.0719. The van der Waals surface area contributed by atoms with Crippen molar-refractivity contribution in [1.82, 2.24) is 9.88 Å². The van der Waals surface area contributed by atoms with Gasteiger partial charge in [-0.1, -0.05) is 23.5 Å². The first-order chi connectivity index (χ1) is 14.3. The summed E-state index contributed by atoms with van der Waals surface area (Å²) in [5.74, 6) is 0.414. The van der Waals surface area contributed by atoms with E-state index in [0.717, 1.165) is 29.3 Å². The van der Waals surface area contributed by atoms with Crippen LogP contribution in [0.5, 0.6) is 5.75 Å². The smallest absolute Gasteiger partial charge is 0.270 e. The number of hydrogen-bond donors (Lipinski definition) is 2. The zero-order valence-electron chi connectivity index (χ0n) is 16.5. The number of rotatable bonds is 9. The Hall–Kier alpha value is -3.50. The monoisotopic (exact) mass is 427 g/mol. The van der Waals surface area contributed by atoms with Crippen molar-refractivity contribution in [3.05, 3.63) is 69.1 Å². The van der Waals surface area contributed by atoms with Gasteiger partial charge in [0, 0.05) is 29.9 Å². The molecule has 0 atom stereocenters. The van der Waals surface area contributed by atoms with Crippen LogP contribution in [0.2, 0.25) is 0 Å². The molecule has 3 aromatic rings. The largest absolute Gasteiger partial charge is 0.492 e. The molecule has 0 aliphatic carbocycles. The lowest BCUT2D eigenvalue weighted by atomic mass is 10.1. The number of likely N-dealkylation sites (N-methyl/N-ethyl adjacent to an activating group) is 1. The number of thiazole rings is 1. The van der Waals surface area contributed by atoms with E-state index in [2.05, 4.69) is 10.3 Å². The quantitative estimate of drug-likeness (QED) is 0.302. The molecule has 0 aliphatic heterocycles. The predicted molar refractivity (Wildman–Crippen MR) is 117 cm³/mol. The molecule has 0 unspecified atom stereocenters. The molecule has 9 nitrogen and oxygen atoms in total. The van der Waals surface area contributed by atoms with Crippen LogP contribution in [0.1, 0.15) is 15.2 Å². The van der Waals surface area contributed by atoms with Gasteiger partial charge in [-0.3, -0.25) is 14.9 Å². The summed E-state index contributed by atoms with van der Waals surface area (Å²) in [7, 11) is 3.96. The summed E-state index contributed by atoms with van der Waals surface area (Å²) >= 11 is 1.09. The standard InChI is InChI=1S/C20H21N5O4S/c1-24(2)10-11-29-16-8-6-14(7-9-16)22-20-23-19(21)18(30-20)17(26)13-4-3-5-15(12-13)25(27)28/h3-9,12H,10-11,21H2,1-2H3,(H,22,23). The number of ether oxygens (including phenoxy) is 1. The van der Waals surface area contributed by atoms with Crippen LogP contribution in [0.4, 0.5) is 22.3 Å². The number of nitrogen functional groups attached to an aromatic ring is 1. The average Bonchev–Trinajstić information content (AvgIpc) is 3.08. The van der Waals surface area contributed by atoms with Crippen molar-refractivity contribution in [2.45, 2.75) is 0 Å². The maximum absolute atomic E-state index is 12.7. The minimum atomic E-state index is -0.548. The van der Waals surface area contributed by atoms with Gasteiger partial charge in [-0.15, -0.1) is 0 Å². The molecule has 0 saturated carbocycles. The number of nitrogens with one attached hydrogen (secondary N) is 1. The number of carbonyl (C=O) groups is 1. The topological polar surface area (TPSA) is 124 Å². The number of aromatic nitrogens is 1. The van der Waals surface area contributed by atoms with Gasteiger partial charge >= 0.3 is 0 Å². The fraction of sp³-hybridized carbons (Fsp3) is 0.200. The number of benzene rings is 2. The van der Waals surface area contributed by atoms with Gasteiger partial charge in [-0.05, 0) is 38.4 Å².